The number of imidazole rings is 1. The number of hydrogen-bond donors (Lipinski definition) is 4. The highest BCUT2D eigenvalue weighted by Gasteiger charge is 2.15. The second kappa shape index (κ2) is 12.0. The van der Waals surface area contributed by atoms with E-state index in [0.717, 1.165) is 11.3 Å². The molecule has 2 heterocycles. The molecular formula is C29H29ClN8O2. The molecule has 0 aliphatic heterocycles. The quantitative estimate of drug-likeness (QED) is 0.0904. The lowest BCUT2D eigenvalue weighted by Crippen LogP contribution is -2.13. The van der Waals surface area contributed by atoms with Crippen LogP contribution in [0.2, 0.25) is 5.02 Å². The zero-order valence-electron chi connectivity index (χ0n) is 22.1. The van der Waals surface area contributed by atoms with Crippen LogP contribution in [0.5, 0.6) is 0 Å². The van der Waals surface area contributed by atoms with Crippen LogP contribution in [0.1, 0.15) is 35.8 Å². The van der Waals surface area contributed by atoms with Gasteiger partial charge in [0, 0.05) is 22.3 Å². The summed E-state index contributed by atoms with van der Waals surface area (Å²) in [5, 5.41) is 9.87. The van der Waals surface area contributed by atoms with Crippen LogP contribution in [0, 0.1) is 0 Å². The predicted molar refractivity (Wildman–Crippen MR) is 159 cm³/mol. The SMILES string of the molecule is CC(C)n1cnc2c(Nc3cccc(Cl)c3)nc(NCOCc3ccc(C(=O)Nc4ccccc4N)cc3)nc21. The molecule has 0 radical (unpaired) electrons. The number of carbonyl (C=O) groups excluding carboxylic acids is 1. The number of carbonyl (C=O) groups is 1. The summed E-state index contributed by atoms with van der Waals surface area (Å²) in [5.41, 5.74) is 10.6. The number of benzene rings is 3. The fraction of sp³-hybridized carbons (Fsp3) is 0.172. The first-order chi connectivity index (χ1) is 19.4. The van der Waals surface area contributed by atoms with Gasteiger partial charge in [0.05, 0.1) is 24.3 Å². The van der Waals surface area contributed by atoms with Crippen molar-refractivity contribution in [2.45, 2.75) is 26.5 Å². The van der Waals surface area contributed by atoms with Crippen molar-refractivity contribution in [2.24, 2.45) is 0 Å². The van der Waals surface area contributed by atoms with Crippen molar-refractivity contribution in [1.29, 1.82) is 0 Å². The topological polar surface area (TPSA) is 132 Å². The van der Waals surface area contributed by atoms with Crippen LogP contribution in [0.15, 0.2) is 79.1 Å². The van der Waals surface area contributed by atoms with Crippen LogP contribution in [-0.4, -0.2) is 32.2 Å². The van der Waals surface area contributed by atoms with Gasteiger partial charge in [0.1, 0.15) is 6.73 Å². The molecule has 0 bridgehead atoms. The molecule has 5 N–H and O–H groups in total. The number of rotatable bonds is 10. The second-order valence-corrected chi connectivity index (χ2v) is 9.79. The fourth-order valence-corrected chi connectivity index (χ4v) is 4.20. The average Bonchev–Trinajstić information content (AvgIpc) is 3.37. The van der Waals surface area contributed by atoms with Crippen molar-refractivity contribution < 1.29 is 9.53 Å². The van der Waals surface area contributed by atoms with Gasteiger partial charge >= 0.3 is 0 Å². The molecule has 0 spiro atoms. The van der Waals surface area contributed by atoms with Gasteiger partial charge in [0.25, 0.3) is 5.91 Å². The Hall–Kier alpha value is -4.67. The van der Waals surface area contributed by atoms with Gasteiger partial charge in [-0.25, -0.2) is 4.98 Å². The normalized spacial score (nSPS) is 11.1. The van der Waals surface area contributed by atoms with Gasteiger partial charge in [0.2, 0.25) is 5.95 Å². The first-order valence-corrected chi connectivity index (χ1v) is 13.1. The minimum absolute atomic E-state index is 0.165. The van der Waals surface area contributed by atoms with Crippen LogP contribution in [-0.2, 0) is 11.3 Å². The van der Waals surface area contributed by atoms with Crippen molar-refractivity contribution in [3.63, 3.8) is 0 Å². The Labute approximate surface area is 236 Å². The number of hydrogen-bond acceptors (Lipinski definition) is 8. The second-order valence-electron chi connectivity index (χ2n) is 9.36. The summed E-state index contributed by atoms with van der Waals surface area (Å²) in [6.45, 7) is 4.64. The van der Waals surface area contributed by atoms with Crippen LogP contribution in [0.4, 0.5) is 28.8 Å². The van der Waals surface area contributed by atoms with Crippen LogP contribution >= 0.6 is 11.6 Å². The average molecular weight is 557 g/mol. The molecule has 5 rings (SSSR count). The third kappa shape index (κ3) is 6.31. The molecule has 0 aliphatic carbocycles. The highest BCUT2D eigenvalue weighted by molar-refractivity contribution is 6.30. The van der Waals surface area contributed by atoms with Gasteiger partial charge in [0.15, 0.2) is 17.0 Å². The largest absolute Gasteiger partial charge is 0.397 e. The molecule has 0 fully saturated rings. The van der Waals surface area contributed by atoms with E-state index in [1.807, 2.05) is 53.1 Å². The van der Waals surface area contributed by atoms with Crippen molar-refractivity contribution in [2.75, 3.05) is 28.4 Å². The monoisotopic (exact) mass is 556 g/mol. The molecule has 1 amide bonds. The first-order valence-electron chi connectivity index (χ1n) is 12.7. The minimum atomic E-state index is -0.234. The molecule has 204 valence electrons. The number of nitrogen functional groups attached to an aromatic ring is 1. The Kier molecular flexibility index (Phi) is 8.09. The lowest BCUT2D eigenvalue weighted by Gasteiger charge is -2.12. The molecule has 0 aliphatic rings. The summed E-state index contributed by atoms with van der Waals surface area (Å²) < 4.78 is 7.79. The summed E-state index contributed by atoms with van der Waals surface area (Å²) in [4.78, 5) is 26.4. The van der Waals surface area contributed by atoms with Crippen molar-refractivity contribution in [1.82, 2.24) is 19.5 Å². The number of nitrogens with two attached hydrogens (primary N) is 1. The number of nitrogens with zero attached hydrogens (tertiary/aromatic N) is 4. The molecule has 10 nitrogen and oxygen atoms in total. The van der Waals surface area contributed by atoms with E-state index in [-0.39, 0.29) is 18.7 Å². The smallest absolute Gasteiger partial charge is 0.255 e. The summed E-state index contributed by atoms with van der Waals surface area (Å²) in [6.07, 6.45) is 1.76. The molecule has 40 heavy (non-hydrogen) atoms. The zero-order chi connectivity index (χ0) is 28.1. The van der Waals surface area contributed by atoms with Crippen LogP contribution in [0.25, 0.3) is 11.2 Å². The van der Waals surface area contributed by atoms with Gasteiger partial charge in [-0.15, -0.1) is 0 Å². The third-order valence-corrected chi connectivity index (χ3v) is 6.33. The van der Waals surface area contributed by atoms with Gasteiger partial charge in [-0.05, 0) is 61.9 Å². The van der Waals surface area contributed by atoms with Crippen molar-refractivity contribution in [3.8, 4) is 0 Å². The summed E-state index contributed by atoms with van der Waals surface area (Å²) in [7, 11) is 0. The molecular weight excluding hydrogens is 528 g/mol. The molecule has 0 saturated carbocycles. The standard InChI is InChI=1S/C29H29ClN8O2/c1-18(2)38-16-32-25-26(34-22-7-5-6-21(30)14-22)36-29(37-27(25)38)33-17-40-15-19-10-12-20(13-11-19)28(39)35-24-9-4-3-8-23(24)31/h3-14,16,18H,15,17,31H2,1-2H3,(H,35,39)(H2,33,34,36,37). The van der Waals surface area contributed by atoms with E-state index in [1.54, 1.807) is 30.6 Å². The zero-order valence-corrected chi connectivity index (χ0v) is 22.8. The predicted octanol–water partition coefficient (Wildman–Crippen LogP) is 6.22. The van der Waals surface area contributed by atoms with E-state index in [1.165, 1.54) is 0 Å². The molecule has 0 unspecified atom stereocenters. The van der Waals surface area contributed by atoms with E-state index in [9.17, 15) is 4.79 Å². The maximum absolute atomic E-state index is 12.6. The van der Waals surface area contributed by atoms with Gasteiger partial charge in [-0.3, -0.25) is 4.79 Å². The lowest BCUT2D eigenvalue weighted by molar-refractivity contribution is 0.102. The first kappa shape index (κ1) is 26.9. The number of para-hydroxylation sites is 2. The third-order valence-electron chi connectivity index (χ3n) is 6.09. The maximum atomic E-state index is 12.6. The summed E-state index contributed by atoms with van der Waals surface area (Å²) in [6, 6.07) is 21.9. The maximum Gasteiger partial charge on any atom is 0.255 e. The number of halogens is 1. The van der Waals surface area contributed by atoms with Crippen LogP contribution < -0.4 is 21.7 Å². The minimum Gasteiger partial charge on any atom is -0.397 e. The Morgan fingerprint density at radius 3 is 2.60 bits per heavy atom. The number of ether oxygens (including phenoxy) is 1. The lowest BCUT2D eigenvalue weighted by atomic mass is 10.1. The van der Waals surface area contributed by atoms with Gasteiger partial charge in [-0.2, -0.15) is 9.97 Å². The number of amides is 1. The van der Waals surface area contributed by atoms with E-state index in [0.29, 0.717) is 51.5 Å². The van der Waals surface area contributed by atoms with Gasteiger partial charge in [-0.1, -0.05) is 41.9 Å². The van der Waals surface area contributed by atoms with Crippen molar-refractivity contribution >= 4 is 57.5 Å². The molecule has 2 aromatic heterocycles. The molecule has 3 aromatic carbocycles. The molecule has 11 heteroatoms. The van der Waals surface area contributed by atoms with E-state index < -0.39 is 0 Å². The number of aromatic nitrogens is 4. The van der Waals surface area contributed by atoms with Crippen molar-refractivity contribution in [3.05, 3.63) is 95.3 Å². The summed E-state index contributed by atoms with van der Waals surface area (Å²) >= 11 is 6.16. The Morgan fingerprint density at radius 2 is 1.85 bits per heavy atom. The highest BCUT2D eigenvalue weighted by Crippen LogP contribution is 2.27. The Bertz CT molecular complexity index is 1640. The van der Waals surface area contributed by atoms with E-state index in [4.69, 9.17) is 22.1 Å². The number of fused-ring (bicyclic) bond motifs is 1. The number of anilines is 5. The summed E-state index contributed by atoms with van der Waals surface area (Å²) in [5.74, 6) is 0.717. The Balaban J connectivity index is 1.22. The highest BCUT2D eigenvalue weighted by atomic mass is 35.5. The van der Waals surface area contributed by atoms with E-state index >= 15 is 0 Å². The molecule has 0 atom stereocenters. The molecule has 0 saturated heterocycles. The molecule has 5 aromatic rings. The number of nitrogens with one attached hydrogen (secondary N) is 3. The Morgan fingerprint density at radius 1 is 1.05 bits per heavy atom. The van der Waals surface area contributed by atoms with Gasteiger partial charge < -0.3 is 31.0 Å². The fourth-order valence-electron chi connectivity index (χ4n) is 4.01. The van der Waals surface area contributed by atoms with Crippen LogP contribution in [0.3, 0.4) is 0 Å². The van der Waals surface area contributed by atoms with E-state index in [2.05, 4.69) is 44.7 Å².